The van der Waals surface area contributed by atoms with Crippen LogP contribution in [0.2, 0.25) is 5.02 Å². The summed E-state index contributed by atoms with van der Waals surface area (Å²) in [6.07, 6.45) is 0. The molecule has 1 atom stereocenters. The Morgan fingerprint density at radius 3 is 2.67 bits per heavy atom. The number of nitrogens with one attached hydrogen (secondary N) is 2. The molecule has 1 aromatic rings. The summed E-state index contributed by atoms with van der Waals surface area (Å²) in [5.74, 6) is -0.546. The van der Waals surface area contributed by atoms with Crippen molar-refractivity contribution in [1.82, 2.24) is 10.6 Å². The minimum atomic E-state index is -0.442. The normalized spacial score (nSPS) is 12.6. The third-order valence-electron chi connectivity index (χ3n) is 2.45. The van der Waals surface area contributed by atoms with Gasteiger partial charge in [-0.1, -0.05) is 23.7 Å². The Hall–Kier alpha value is -1.13. The molecule has 5 heteroatoms. The summed E-state index contributed by atoms with van der Waals surface area (Å²) >= 11 is 5.68. The van der Waals surface area contributed by atoms with Crippen LogP contribution in [0.25, 0.3) is 0 Å². The zero-order chi connectivity index (χ0) is 13.7. The highest BCUT2D eigenvalue weighted by Gasteiger charge is 2.14. The fraction of sp³-hybridized carbons (Fsp3) is 0.462. The Bertz CT molecular complexity index is 423. The molecule has 1 unspecified atom stereocenters. The number of amides is 1. The zero-order valence-electron chi connectivity index (χ0n) is 10.8. The summed E-state index contributed by atoms with van der Waals surface area (Å²) in [7, 11) is 0. The smallest absolute Gasteiger partial charge is 0.237 e. The molecule has 0 heterocycles. The van der Waals surface area contributed by atoms with Crippen molar-refractivity contribution in [2.24, 2.45) is 0 Å². The van der Waals surface area contributed by atoms with Crippen LogP contribution in [0.4, 0.5) is 4.39 Å². The Labute approximate surface area is 112 Å². The number of rotatable bonds is 5. The Kier molecular flexibility index (Phi) is 5.56. The minimum Gasteiger partial charge on any atom is -0.353 e. The highest BCUT2D eigenvalue weighted by molar-refractivity contribution is 6.30. The van der Waals surface area contributed by atoms with E-state index in [4.69, 9.17) is 11.6 Å². The van der Waals surface area contributed by atoms with Crippen LogP contribution in [0.3, 0.4) is 0 Å². The second-order valence-corrected chi connectivity index (χ2v) is 4.89. The van der Waals surface area contributed by atoms with Crippen molar-refractivity contribution in [1.29, 1.82) is 0 Å². The molecule has 0 fully saturated rings. The number of halogens is 2. The first kappa shape index (κ1) is 14.9. The summed E-state index contributed by atoms with van der Waals surface area (Å²) in [5.41, 5.74) is 0.451. The van der Waals surface area contributed by atoms with E-state index in [-0.39, 0.29) is 29.6 Å². The van der Waals surface area contributed by atoms with Gasteiger partial charge in [-0.05, 0) is 26.8 Å². The lowest BCUT2D eigenvalue weighted by Crippen LogP contribution is -2.44. The van der Waals surface area contributed by atoms with Crippen LogP contribution in [0.5, 0.6) is 0 Å². The second kappa shape index (κ2) is 6.71. The van der Waals surface area contributed by atoms with Crippen molar-refractivity contribution in [2.45, 2.75) is 39.4 Å². The summed E-state index contributed by atoms with van der Waals surface area (Å²) in [6.45, 7) is 5.78. The van der Waals surface area contributed by atoms with Crippen molar-refractivity contribution in [2.75, 3.05) is 0 Å². The molecule has 0 aliphatic rings. The molecular weight excluding hydrogens is 255 g/mol. The van der Waals surface area contributed by atoms with E-state index in [1.54, 1.807) is 19.1 Å². The van der Waals surface area contributed by atoms with E-state index in [9.17, 15) is 9.18 Å². The molecule has 0 aliphatic heterocycles. The predicted octanol–water partition coefficient (Wildman–Crippen LogP) is 2.48. The maximum Gasteiger partial charge on any atom is 0.237 e. The Balaban J connectivity index is 2.55. The lowest BCUT2D eigenvalue weighted by molar-refractivity contribution is -0.123. The number of hydrogen-bond donors (Lipinski definition) is 2. The number of benzene rings is 1. The first-order chi connectivity index (χ1) is 8.41. The number of carbonyl (C=O) groups excluding carboxylic acids is 1. The summed E-state index contributed by atoms with van der Waals surface area (Å²) < 4.78 is 13.6. The molecule has 0 aromatic heterocycles. The lowest BCUT2D eigenvalue weighted by atomic mass is 10.2. The zero-order valence-corrected chi connectivity index (χ0v) is 11.5. The molecule has 0 spiro atoms. The molecule has 2 N–H and O–H groups in total. The molecule has 1 rings (SSSR count). The van der Waals surface area contributed by atoms with Crippen molar-refractivity contribution < 1.29 is 9.18 Å². The minimum absolute atomic E-state index is 0.0876. The van der Waals surface area contributed by atoms with E-state index < -0.39 is 5.82 Å². The second-order valence-electron chi connectivity index (χ2n) is 4.48. The van der Waals surface area contributed by atoms with Crippen molar-refractivity contribution in [3.63, 3.8) is 0 Å². The van der Waals surface area contributed by atoms with Crippen LogP contribution >= 0.6 is 11.6 Å². The monoisotopic (exact) mass is 272 g/mol. The van der Waals surface area contributed by atoms with Gasteiger partial charge in [0.15, 0.2) is 0 Å². The largest absolute Gasteiger partial charge is 0.353 e. The Morgan fingerprint density at radius 2 is 2.06 bits per heavy atom. The summed E-state index contributed by atoms with van der Waals surface area (Å²) in [4.78, 5) is 11.6. The van der Waals surface area contributed by atoms with Gasteiger partial charge in [-0.3, -0.25) is 4.79 Å². The number of hydrogen-bond acceptors (Lipinski definition) is 2. The van der Waals surface area contributed by atoms with Gasteiger partial charge in [-0.2, -0.15) is 0 Å². The Morgan fingerprint density at radius 1 is 1.39 bits per heavy atom. The van der Waals surface area contributed by atoms with Crippen molar-refractivity contribution in [3.8, 4) is 0 Å². The molecular formula is C13H18ClFN2O. The lowest BCUT2D eigenvalue weighted by Gasteiger charge is -2.16. The summed E-state index contributed by atoms with van der Waals surface area (Å²) in [5, 5.41) is 5.84. The van der Waals surface area contributed by atoms with Gasteiger partial charge in [0, 0.05) is 18.2 Å². The van der Waals surface area contributed by atoms with Gasteiger partial charge in [0.2, 0.25) is 5.91 Å². The highest BCUT2D eigenvalue weighted by Crippen LogP contribution is 2.17. The van der Waals surface area contributed by atoms with Gasteiger partial charge in [0.1, 0.15) is 5.82 Å². The van der Waals surface area contributed by atoms with Crippen LogP contribution in [-0.4, -0.2) is 18.0 Å². The topological polar surface area (TPSA) is 41.1 Å². The fourth-order valence-corrected chi connectivity index (χ4v) is 1.64. The van der Waals surface area contributed by atoms with Crippen LogP contribution in [0.15, 0.2) is 18.2 Å². The maximum absolute atomic E-state index is 13.6. The van der Waals surface area contributed by atoms with Crippen LogP contribution in [-0.2, 0) is 11.3 Å². The highest BCUT2D eigenvalue weighted by atomic mass is 35.5. The van der Waals surface area contributed by atoms with Crippen molar-refractivity contribution >= 4 is 17.5 Å². The molecule has 0 bridgehead atoms. The predicted molar refractivity (Wildman–Crippen MR) is 71.0 cm³/mol. The summed E-state index contributed by atoms with van der Waals surface area (Å²) in [6, 6.07) is 4.52. The molecule has 18 heavy (non-hydrogen) atoms. The molecule has 1 aromatic carbocycles. The third kappa shape index (κ3) is 4.27. The molecule has 0 radical (unpaired) electrons. The van der Waals surface area contributed by atoms with E-state index in [1.807, 2.05) is 13.8 Å². The van der Waals surface area contributed by atoms with E-state index in [2.05, 4.69) is 10.6 Å². The molecule has 0 saturated heterocycles. The average molecular weight is 273 g/mol. The van der Waals surface area contributed by atoms with E-state index >= 15 is 0 Å². The quantitative estimate of drug-likeness (QED) is 0.865. The van der Waals surface area contributed by atoms with E-state index in [0.29, 0.717) is 5.56 Å². The third-order valence-corrected chi connectivity index (χ3v) is 2.75. The van der Waals surface area contributed by atoms with Gasteiger partial charge >= 0.3 is 0 Å². The average Bonchev–Trinajstić information content (AvgIpc) is 2.29. The molecule has 3 nitrogen and oxygen atoms in total. The molecule has 1 amide bonds. The first-order valence-electron chi connectivity index (χ1n) is 5.88. The van der Waals surface area contributed by atoms with Crippen LogP contribution < -0.4 is 10.6 Å². The van der Waals surface area contributed by atoms with Gasteiger partial charge < -0.3 is 10.6 Å². The van der Waals surface area contributed by atoms with Crippen LogP contribution in [0.1, 0.15) is 26.3 Å². The van der Waals surface area contributed by atoms with Crippen LogP contribution in [0, 0.1) is 5.82 Å². The van der Waals surface area contributed by atoms with Gasteiger partial charge in [0.25, 0.3) is 0 Å². The van der Waals surface area contributed by atoms with Gasteiger partial charge in [-0.15, -0.1) is 0 Å². The van der Waals surface area contributed by atoms with Crippen molar-refractivity contribution in [3.05, 3.63) is 34.6 Å². The SMILES string of the molecule is CC(C)NC(=O)C(C)NCc1cccc(Cl)c1F. The molecule has 0 aliphatic carbocycles. The first-order valence-corrected chi connectivity index (χ1v) is 6.26. The maximum atomic E-state index is 13.6. The van der Waals surface area contributed by atoms with Gasteiger partial charge in [0.05, 0.1) is 11.1 Å². The van der Waals surface area contributed by atoms with E-state index in [0.717, 1.165) is 0 Å². The standard InChI is InChI=1S/C13H18ClFN2O/c1-8(2)17-13(18)9(3)16-7-10-5-4-6-11(14)12(10)15/h4-6,8-9,16H,7H2,1-3H3,(H,17,18). The van der Waals surface area contributed by atoms with Gasteiger partial charge in [-0.25, -0.2) is 4.39 Å². The molecule has 100 valence electrons. The fourth-order valence-electron chi connectivity index (χ4n) is 1.45. The van der Waals surface area contributed by atoms with E-state index in [1.165, 1.54) is 6.07 Å². The molecule has 0 saturated carbocycles. The number of carbonyl (C=O) groups is 1.